The van der Waals surface area contributed by atoms with Crippen molar-refractivity contribution in [2.24, 2.45) is 0 Å². The number of phenolic OH excluding ortho intramolecular Hbond substituents is 2. The molecular weight excluding hydrogens is 224 g/mol. The zero-order valence-corrected chi connectivity index (χ0v) is 8.61. The molecule has 0 bridgehead atoms. The molecule has 0 heterocycles. The number of benzene rings is 1. The van der Waals surface area contributed by atoms with E-state index in [1.165, 1.54) is 18.2 Å². The van der Waals surface area contributed by atoms with Gasteiger partial charge in [0.1, 0.15) is 18.3 Å². The lowest BCUT2D eigenvalue weighted by Crippen LogP contribution is -2.33. The Morgan fingerprint density at radius 2 is 1.20 bits per heavy atom. The monoisotopic (exact) mass is 236 g/mol. The van der Waals surface area contributed by atoms with Crippen LogP contribution in [0.1, 0.15) is 0 Å². The molecule has 86 valence electrons. The van der Waals surface area contributed by atoms with Crippen LogP contribution in [0.4, 0.5) is 0 Å². The van der Waals surface area contributed by atoms with Crippen molar-refractivity contribution in [3.05, 3.63) is 24.3 Å². The molecule has 0 unspecified atom stereocenters. The van der Waals surface area contributed by atoms with Crippen molar-refractivity contribution in [2.75, 3.05) is 0 Å². The van der Waals surface area contributed by atoms with Crippen LogP contribution >= 0.6 is 0 Å². The molecule has 0 radical (unpaired) electrons. The number of hydrogen-bond acceptors (Lipinski definition) is 7. The van der Waals surface area contributed by atoms with Gasteiger partial charge in [-0.2, -0.15) is 0 Å². The number of hydrogen-bond donors (Lipinski definition) is 6. The summed E-state index contributed by atoms with van der Waals surface area (Å²) in [7, 11) is -4.61. The van der Waals surface area contributed by atoms with Crippen LogP contribution in [0.15, 0.2) is 24.3 Å². The van der Waals surface area contributed by atoms with Gasteiger partial charge < -0.3 is 34.2 Å². The second kappa shape index (κ2) is 7.91. The fourth-order valence-electron chi connectivity index (χ4n) is 0.493. The molecule has 1 rings (SSSR count). The first-order chi connectivity index (χ1) is 6.79. The Hall–Kier alpha value is -1.45. The zero-order chi connectivity index (χ0) is 12.5. The summed E-state index contributed by atoms with van der Waals surface area (Å²) in [5.41, 5.74) is 0. The van der Waals surface area contributed by atoms with Crippen LogP contribution in [-0.4, -0.2) is 45.2 Å². The highest BCUT2D eigenvalue weighted by molar-refractivity contribution is 6.46. The van der Waals surface area contributed by atoms with Crippen molar-refractivity contribution in [2.45, 2.75) is 0 Å². The second-order valence-electron chi connectivity index (χ2n) is 2.12. The minimum atomic E-state index is -4.61. The number of aromatic hydroxyl groups is 2. The minimum Gasteiger partial charge on any atom is -0.508 e. The van der Waals surface area contributed by atoms with Crippen LogP contribution in [-0.2, 0) is 4.79 Å². The third-order valence-corrected chi connectivity index (χ3v) is 0.830. The molecule has 0 aliphatic rings. The minimum absolute atomic E-state index is 0.0880. The van der Waals surface area contributed by atoms with Gasteiger partial charge in [-0.3, -0.25) is 0 Å². The van der Waals surface area contributed by atoms with Crippen LogP contribution < -0.4 is 0 Å². The van der Waals surface area contributed by atoms with Gasteiger partial charge in [0.05, 0.1) is 0 Å². The van der Waals surface area contributed by atoms with E-state index >= 15 is 0 Å². The predicted molar refractivity (Wildman–Crippen MR) is 51.5 cm³/mol. The molecule has 0 aliphatic carbocycles. The average molecular weight is 236 g/mol. The van der Waals surface area contributed by atoms with Gasteiger partial charge in [-0.05, 0) is 12.1 Å². The SMILES string of the molecule is C=O.O[Si](O)(O)O.Oc1cccc(O)c1. The normalized spacial score (nSPS) is 9.07. The maximum absolute atomic E-state index is 8.65. The van der Waals surface area contributed by atoms with E-state index in [1.807, 2.05) is 6.79 Å². The summed E-state index contributed by atoms with van der Waals surface area (Å²) in [5.74, 6) is 0.176. The van der Waals surface area contributed by atoms with Crippen LogP contribution in [0.5, 0.6) is 11.5 Å². The fraction of sp³-hybridized carbons (Fsp3) is 0. The van der Waals surface area contributed by atoms with Gasteiger partial charge in [0.15, 0.2) is 0 Å². The Morgan fingerprint density at radius 3 is 1.33 bits per heavy atom. The quantitative estimate of drug-likeness (QED) is 0.295. The Balaban J connectivity index is 0. The van der Waals surface area contributed by atoms with E-state index in [0.29, 0.717) is 0 Å². The standard InChI is InChI=1S/C6H6O2.CH2O.H4O4Si/c7-5-2-1-3-6(8)4-5;1-2;1-5(2,3)4/h1-4,7-8H;1H2;1-4H. The smallest absolute Gasteiger partial charge is 0.508 e. The largest absolute Gasteiger partial charge is 0.668 e. The Bertz CT molecular complexity index is 249. The number of carbonyl (C=O) groups is 1. The molecular formula is C7H12O7Si. The molecule has 0 aromatic heterocycles. The molecule has 8 heteroatoms. The number of phenols is 2. The molecule has 0 saturated heterocycles. The van der Waals surface area contributed by atoms with E-state index in [-0.39, 0.29) is 11.5 Å². The van der Waals surface area contributed by atoms with Crippen LogP contribution in [0, 0.1) is 0 Å². The molecule has 15 heavy (non-hydrogen) atoms. The van der Waals surface area contributed by atoms with E-state index in [0.717, 1.165) is 0 Å². The highest BCUT2D eigenvalue weighted by Gasteiger charge is 2.22. The van der Waals surface area contributed by atoms with E-state index in [4.69, 9.17) is 34.2 Å². The molecule has 0 saturated carbocycles. The van der Waals surface area contributed by atoms with Crippen LogP contribution in [0.3, 0.4) is 0 Å². The van der Waals surface area contributed by atoms with E-state index in [2.05, 4.69) is 0 Å². The lowest BCUT2D eigenvalue weighted by Gasteiger charge is -1.91. The molecule has 0 atom stereocenters. The summed E-state index contributed by atoms with van der Waals surface area (Å²) >= 11 is 0. The summed E-state index contributed by atoms with van der Waals surface area (Å²) < 4.78 is 0. The average Bonchev–Trinajstić information content (AvgIpc) is 2.04. The molecule has 0 spiro atoms. The molecule has 0 fully saturated rings. The van der Waals surface area contributed by atoms with E-state index in [1.54, 1.807) is 6.07 Å². The molecule has 6 N–H and O–H groups in total. The molecule has 0 aliphatic heterocycles. The van der Waals surface area contributed by atoms with Crippen LogP contribution in [0.25, 0.3) is 0 Å². The first-order valence-electron chi connectivity index (χ1n) is 3.45. The first kappa shape index (κ1) is 16.0. The maximum Gasteiger partial charge on any atom is 0.668 e. The van der Waals surface area contributed by atoms with Crippen molar-refractivity contribution in [3.8, 4) is 11.5 Å². The topological polar surface area (TPSA) is 138 Å². The lowest BCUT2D eigenvalue weighted by atomic mass is 10.3. The van der Waals surface area contributed by atoms with Gasteiger partial charge in [0, 0.05) is 6.07 Å². The highest BCUT2D eigenvalue weighted by Crippen LogP contribution is 2.14. The maximum atomic E-state index is 8.65. The Kier molecular flexibility index (Phi) is 8.43. The summed E-state index contributed by atoms with van der Waals surface area (Å²) in [6.07, 6.45) is 0. The third kappa shape index (κ3) is 19.1. The van der Waals surface area contributed by atoms with Crippen molar-refractivity contribution >= 4 is 15.8 Å². The Morgan fingerprint density at radius 1 is 0.933 bits per heavy atom. The van der Waals surface area contributed by atoms with Gasteiger partial charge in [0.2, 0.25) is 0 Å². The van der Waals surface area contributed by atoms with Gasteiger partial charge in [-0.15, -0.1) is 0 Å². The van der Waals surface area contributed by atoms with Gasteiger partial charge >= 0.3 is 9.05 Å². The Labute approximate surface area is 86.6 Å². The third-order valence-electron chi connectivity index (χ3n) is 0.830. The molecule has 1 aromatic carbocycles. The summed E-state index contributed by atoms with van der Waals surface area (Å²) in [5, 5.41) is 17.3. The molecule has 7 nitrogen and oxygen atoms in total. The highest BCUT2D eigenvalue weighted by atomic mass is 28.4. The van der Waals surface area contributed by atoms with Gasteiger partial charge in [-0.25, -0.2) is 0 Å². The molecule has 1 aromatic rings. The summed E-state index contributed by atoms with van der Waals surface area (Å²) in [6, 6.07) is 5.85. The second-order valence-corrected chi connectivity index (χ2v) is 3.32. The van der Waals surface area contributed by atoms with Crippen molar-refractivity contribution < 1.29 is 34.2 Å². The predicted octanol–water partition coefficient (Wildman–Crippen LogP) is -1.70. The first-order valence-corrected chi connectivity index (χ1v) is 5.24. The lowest BCUT2D eigenvalue weighted by molar-refractivity contribution is -0.0980. The van der Waals surface area contributed by atoms with Gasteiger partial charge in [-0.1, -0.05) is 6.07 Å². The number of rotatable bonds is 0. The molecule has 0 amide bonds. The van der Waals surface area contributed by atoms with Crippen LogP contribution in [0.2, 0.25) is 0 Å². The summed E-state index contributed by atoms with van der Waals surface area (Å²) in [4.78, 5) is 37.3. The van der Waals surface area contributed by atoms with Gasteiger partial charge in [0.25, 0.3) is 0 Å². The van der Waals surface area contributed by atoms with Crippen molar-refractivity contribution in [1.82, 2.24) is 0 Å². The summed E-state index contributed by atoms with van der Waals surface area (Å²) in [6.45, 7) is 2.00. The zero-order valence-electron chi connectivity index (χ0n) is 7.61. The fourth-order valence-corrected chi connectivity index (χ4v) is 0.493. The number of carbonyl (C=O) groups excluding carboxylic acids is 1. The van der Waals surface area contributed by atoms with E-state index < -0.39 is 9.05 Å². The van der Waals surface area contributed by atoms with Crippen molar-refractivity contribution in [3.63, 3.8) is 0 Å². The van der Waals surface area contributed by atoms with E-state index in [9.17, 15) is 0 Å². The van der Waals surface area contributed by atoms with Crippen molar-refractivity contribution in [1.29, 1.82) is 0 Å².